The van der Waals surface area contributed by atoms with Gasteiger partial charge in [0.1, 0.15) is 0 Å². The molecule has 108 valence electrons. The van der Waals surface area contributed by atoms with Gasteiger partial charge in [0, 0.05) is 17.8 Å². The first-order chi connectivity index (χ1) is 9.36. The summed E-state index contributed by atoms with van der Waals surface area (Å²) in [5, 5.41) is 29.6. The predicted octanol–water partition coefficient (Wildman–Crippen LogP) is 1.54. The maximum atomic E-state index is 11.5. The minimum Gasteiger partial charge on any atom is -0.480 e. The van der Waals surface area contributed by atoms with Crippen molar-refractivity contribution in [3.63, 3.8) is 0 Å². The summed E-state index contributed by atoms with van der Waals surface area (Å²) in [6.45, 7) is 1.52. The third kappa shape index (κ3) is 2.76. The van der Waals surface area contributed by atoms with Gasteiger partial charge in [0.2, 0.25) is 6.04 Å². The summed E-state index contributed by atoms with van der Waals surface area (Å²) in [6.07, 6.45) is -0.534. The molecular formula is C13H15NO6. The van der Waals surface area contributed by atoms with E-state index in [2.05, 4.69) is 0 Å². The topological polar surface area (TPSA) is 118 Å². The highest BCUT2D eigenvalue weighted by Gasteiger charge is 2.51. The van der Waals surface area contributed by atoms with E-state index in [-0.39, 0.29) is 12.0 Å². The Morgan fingerprint density at radius 1 is 1.25 bits per heavy atom. The van der Waals surface area contributed by atoms with Crippen molar-refractivity contribution < 1.29 is 24.7 Å². The Labute approximate surface area is 115 Å². The first-order valence-electron chi connectivity index (χ1n) is 6.02. The van der Waals surface area contributed by atoms with E-state index in [9.17, 15) is 29.9 Å². The SMILES string of the molecule is CCC(CC(C(=O)O)(C(=O)O)c1ccccc1)[N+](=O)[O-]. The fraction of sp³-hybridized carbons (Fsp3) is 0.385. The standard InChI is InChI=1S/C13H15NO6/c1-2-10(14(19)20)8-13(11(15)16,12(17)18)9-6-4-3-5-7-9/h3-7,10H,2,8H2,1H3,(H,15,16)(H,17,18). The third-order valence-corrected chi connectivity index (χ3v) is 3.31. The van der Waals surface area contributed by atoms with E-state index < -0.39 is 34.7 Å². The summed E-state index contributed by atoms with van der Waals surface area (Å²) in [4.78, 5) is 33.3. The Bertz CT molecular complexity index is 499. The van der Waals surface area contributed by atoms with Crippen LogP contribution in [0.25, 0.3) is 0 Å². The smallest absolute Gasteiger partial charge is 0.325 e. The number of carbonyl (C=O) groups is 2. The number of carboxylic acid groups (broad SMARTS) is 2. The van der Waals surface area contributed by atoms with Gasteiger partial charge in [0.25, 0.3) is 0 Å². The van der Waals surface area contributed by atoms with Crippen LogP contribution in [-0.4, -0.2) is 33.1 Å². The van der Waals surface area contributed by atoms with Crippen LogP contribution in [0, 0.1) is 10.1 Å². The van der Waals surface area contributed by atoms with Gasteiger partial charge in [-0.2, -0.15) is 0 Å². The third-order valence-electron chi connectivity index (χ3n) is 3.31. The van der Waals surface area contributed by atoms with Crippen molar-refractivity contribution in [1.82, 2.24) is 0 Å². The van der Waals surface area contributed by atoms with Crippen LogP contribution in [0.5, 0.6) is 0 Å². The van der Waals surface area contributed by atoms with E-state index in [1.165, 1.54) is 31.2 Å². The van der Waals surface area contributed by atoms with Crippen LogP contribution in [0.15, 0.2) is 30.3 Å². The molecule has 0 heterocycles. The molecule has 0 aliphatic heterocycles. The molecule has 1 aromatic rings. The lowest BCUT2D eigenvalue weighted by Crippen LogP contribution is -2.47. The molecule has 20 heavy (non-hydrogen) atoms. The lowest BCUT2D eigenvalue weighted by molar-refractivity contribution is -0.524. The Kier molecular flexibility index (Phi) is 4.79. The molecule has 0 saturated carbocycles. The average Bonchev–Trinajstić information content (AvgIpc) is 2.40. The van der Waals surface area contributed by atoms with Crippen molar-refractivity contribution >= 4 is 11.9 Å². The Balaban J connectivity index is 3.37. The highest BCUT2D eigenvalue weighted by molar-refractivity contribution is 6.04. The van der Waals surface area contributed by atoms with Gasteiger partial charge >= 0.3 is 11.9 Å². The van der Waals surface area contributed by atoms with Crippen molar-refractivity contribution in [2.45, 2.75) is 31.2 Å². The highest BCUT2D eigenvalue weighted by Crippen LogP contribution is 2.32. The van der Waals surface area contributed by atoms with Crippen LogP contribution in [0.3, 0.4) is 0 Å². The fourth-order valence-electron chi connectivity index (χ4n) is 2.07. The minimum absolute atomic E-state index is 0.0281. The summed E-state index contributed by atoms with van der Waals surface area (Å²) in [6, 6.07) is 6.10. The van der Waals surface area contributed by atoms with Crippen molar-refractivity contribution in [3.05, 3.63) is 46.0 Å². The molecule has 0 aliphatic rings. The number of benzene rings is 1. The monoisotopic (exact) mass is 281 g/mol. The molecular weight excluding hydrogens is 266 g/mol. The van der Waals surface area contributed by atoms with Crippen LogP contribution in [0.1, 0.15) is 25.3 Å². The molecule has 0 aromatic heterocycles. The van der Waals surface area contributed by atoms with Gasteiger partial charge in [-0.3, -0.25) is 19.7 Å². The van der Waals surface area contributed by atoms with Gasteiger partial charge < -0.3 is 10.2 Å². The van der Waals surface area contributed by atoms with Crippen LogP contribution >= 0.6 is 0 Å². The zero-order chi connectivity index (χ0) is 15.3. The minimum atomic E-state index is -2.31. The van der Waals surface area contributed by atoms with E-state index in [1.807, 2.05) is 0 Å². The number of aliphatic carboxylic acids is 2. The second kappa shape index (κ2) is 6.14. The van der Waals surface area contributed by atoms with Crippen LogP contribution in [-0.2, 0) is 15.0 Å². The van der Waals surface area contributed by atoms with Gasteiger partial charge in [-0.05, 0) is 5.56 Å². The van der Waals surface area contributed by atoms with E-state index in [1.54, 1.807) is 6.07 Å². The zero-order valence-corrected chi connectivity index (χ0v) is 10.9. The molecule has 2 N–H and O–H groups in total. The number of nitro groups is 1. The van der Waals surface area contributed by atoms with Gasteiger partial charge in [-0.25, -0.2) is 0 Å². The quantitative estimate of drug-likeness (QED) is 0.444. The van der Waals surface area contributed by atoms with Crippen LogP contribution < -0.4 is 0 Å². The van der Waals surface area contributed by atoms with Crippen molar-refractivity contribution in [3.8, 4) is 0 Å². The Morgan fingerprint density at radius 2 is 1.75 bits per heavy atom. The zero-order valence-electron chi connectivity index (χ0n) is 10.9. The molecule has 1 rings (SSSR count). The van der Waals surface area contributed by atoms with E-state index >= 15 is 0 Å². The lowest BCUT2D eigenvalue weighted by atomic mass is 9.75. The highest BCUT2D eigenvalue weighted by atomic mass is 16.6. The summed E-state index contributed by atoms with van der Waals surface area (Å²) < 4.78 is 0. The lowest BCUT2D eigenvalue weighted by Gasteiger charge is -2.26. The number of carboxylic acids is 2. The Hall–Kier alpha value is -2.44. The fourth-order valence-corrected chi connectivity index (χ4v) is 2.07. The van der Waals surface area contributed by atoms with E-state index in [0.29, 0.717) is 0 Å². The first-order valence-corrected chi connectivity index (χ1v) is 6.02. The largest absolute Gasteiger partial charge is 0.480 e. The first kappa shape index (κ1) is 15.6. The van der Waals surface area contributed by atoms with Crippen LogP contribution in [0.2, 0.25) is 0 Å². The summed E-state index contributed by atoms with van der Waals surface area (Å²) in [5.74, 6) is -3.20. The maximum Gasteiger partial charge on any atom is 0.325 e. The van der Waals surface area contributed by atoms with Gasteiger partial charge in [0.15, 0.2) is 5.41 Å². The average molecular weight is 281 g/mol. The van der Waals surface area contributed by atoms with Crippen LogP contribution in [0.4, 0.5) is 0 Å². The molecule has 0 bridgehead atoms. The second-order valence-electron chi connectivity index (χ2n) is 4.43. The second-order valence-corrected chi connectivity index (χ2v) is 4.43. The van der Waals surface area contributed by atoms with Crippen molar-refractivity contribution in [1.29, 1.82) is 0 Å². The molecule has 0 radical (unpaired) electrons. The molecule has 1 unspecified atom stereocenters. The molecule has 7 heteroatoms. The predicted molar refractivity (Wildman–Crippen MR) is 69.1 cm³/mol. The van der Waals surface area contributed by atoms with Crippen molar-refractivity contribution in [2.24, 2.45) is 0 Å². The Morgan fingerprint density at radius 3 is 2.10 bits per heavy atom. The van der Waals surface area contributed by atoms with Gasteiger partial charge in [0.05, 0.1) is 0 Å². The van der Waals surface area contributed by atoms with E-state index in [0.717, 1.165) is 0 Å². The number of hydrogen-bond acceptors (Lipinski definition) is 4. The molecule has 1 aromatic carbocycles. The molecule has 0 saturated heterocycles. The molecule has 1 atom stereocenters. The van der Waals surface area contributed by atoms with E-state index in [4.69, 9.17) is 0 Å². The summed E-state index contributed by atoms with van der Waals surface area (Å²) in [7, 11) is 0. The molecule has 0 spiro atoms. The maximum absolute atomic E-state index is 11.5. The summed E-state index contributed by atoms with van der Waals surface area (Å²) in [5.41, 5.74) is -2.28. The number of rotatable bonds is 7. The molecule has 7 nitrogen and oxygen atoms in total. The summed E-state index contributed by atoms with van der Waals surface area (Å²) >= 11 is 0. The molecule has 0 amide bonds. The number of hydrogen-bond donors (Lipinski definition) is 2. The van der Waals surface area contributed by atoms with Gasteiger partial charge in [-0.1, -0.05) is 37.3 Å². The number of nitrogens with zero attached hydrogens (tertiary/aromatic N) is 1. The van der Waals surface area contributed by atoms with Crippen molar-refractivity contribution in [2.75, 3.05) is 0 Å². The normalized spacial score (nSPS) is 12.7. The molecule has 0 fully saturated rings. The van der Waals surface area contributed by atoms with Gasteiger partial charge in [-0.15, -0.1) is 0 Å². The molecule has 0 aliphatic carbocycles.